The maximum absolute atomic E-state index is 13.2. The summed E-state index contributed by atoms with van der Waals surface area (Å²) in [5.74, 6) is 5.41. The Hall–Kier alpha value is -1.71. The van der Waals surface area contributed by atoms with Crippen LogP contribution in [0.1, 0.15) is 22.7 Å². The Morgan fingerprint density at radius 1 is 1.17 bits per heavy atom. The van der Waals surface area contributed by atoms with Gasteiger partial charge in [-0.2, -0.15) is 0 Å². The third-order valence-corrected chi connectivity index (χ3v) is 3.07. The molecule has 0 saturated heterocycles. The number of hydrazine groups is 1. The molecule has 0 fully saturated rings. The summed E-state index contributed by atoms with van der Waals surface area (Å²) < 4.78 is 13.2. The molecular formula is C15H17FN2. The second kappa shape index (κ2) is 5.76. The number of nitrogens with two attached hydrogens (primary N) is 1. The van der Waals surface area contributed by atoms with Crippen LogP contribution in [0.2, 0.25) is 0 Å². The molecule has 1 unspecified atom stereocenters. The van der Waals surface area contributed by atoms with Gasteiger partial charge in [0.15, 0.2) is 0 Å². The zero-order valence-electron chi connectivity index (χ0n) is 10.4. The first kappa shape index (κ1) is 12.7. The van der Waals surface area contributed by atoms with E-state index in [1.807, 2.05) is 24.3 Å². The Bertz CT molecular complexity index is 511. The predicted octanol–water partition coefficient (Wildman–Crippen LogP) is 2.88. The lowest BCUT2D eigenvalue weighted by molar-refractivity contribution is 0.548. The van der Waals surface area contributed by atoms with Crippen molar-refractivity contribution in [3.8, 4) is 0 Å². The lowest BCUT2D eigenvalue weighted by Crippen LogP contribution is -2.29. The molecule has 0 amide bonds. The van der Waals surface area contributed by atoms with E-state index in [0.29, 0.717) is 5.56 Å². The van der Waals surface area contributed by atoms with Crippen molar-refractivity contribution in [3.05, 3.63) is 71.0 Å². The van der Waals surface area contributed by atoms with Gasteiger partial charge in [0.25, 0.3) is 0 Å². The van der Waals surface area contributed by atoms with Crippen LogP contribution in [-0.2, 0) is 6.42 Å². The third kappa shape index (κ3) is 2.94. The molecule has 0 aliphatic rings. The normalized spacial score (nSPS) is 12.4. The highest BCUT2D eigenvalue weighted by Gasteiger charge is 2.11. The summed E-state index contributed by atoms with van der Waals surface area (Å²) in [6.07, 6.45) is 0.780. The number of benzene rings is 2. The van der Waals surface area contributed by atoms with Crippen LogP contribution in [0, 0.1) is 12.7 Å². The van der Waals surface area contributed by atoms with Gasteiger partial charge in [0.1, 0.15) is 5.82 Å². The highest BCUT2D eigenvalue weighted by molar-refractivity contribution is 5.28. The second-order valence-electron chi connectivity index (χ2n) is 4.42. The molecule has 3 N–H and O–H groups in total. The average Bonchev–Trinajstić information content (AvgIpc) is 2.40. The zero-order valence-corrected chi connectivity index (χ0v) is 10.4. The van der Waals surface area contributed by atoms with Gasteiger partial charge >= 0.3 is 0 Å². The number of aryl methyl sites for hydroxylation is 1. The lowest BCUT2D eigenvalue weighted by Gasteiger charge is -2.17. The molecule has 2 aromatic rings. The Labute approximate surface area is 107 Å². The van der Waals surface area contributed by atoms with Crippen LogP contribution in [0.25, 0.3) is 0 Å². The molecular weight excluding hydrogens is 227 g/mol. The Morgan fingerprint density at radius 2 is 1.89 bits per heavy atom. The minimum Gasteiger partial charge on any atom is -0.271 e. The molecule has 0 aliphatic carbocycles. The molecule has 2 nitrogen and oxygen atoms in total. The van der Waals surface area contributed by atoms with Gasteiger partial charge in [-0.05, 0) is 36.1 Å². The van der Waals surface area contributed by atoms with Crippen molar-refractivity contribution in [2.45, 2.75) is 19.4 Å². The van der Waals surface area contributed by atoms with E-state index in [2.05, 4.69) is 17.6 Å². The molecule has 1 atom stereocenters. The average molecular weight is 244 g/mol. The summed E-state index contributed by atoms with van der Waals surface area (Å²) in [6, 6.07) is 15.2. The van der Waals surface area contributed by atoms with E-state index >= 15 is 0 Å². The Morgan fingerprint density at radius 3 is 2.50 bits per heavy atom. The Balaban J connectivity index is 2.20. The van der Waals surface area contributed by atoms with Crippen LogP contribution >= 0.6 is 0 Å². The van der Waals surface area contributed by atoms with E-state index in [0.717, 1.165) is 12.0 Å². The summed E-state index contributed by atoms with van der Waals surface area (Å²) in [7, 11) is 0. The number of nitrogens with one attached hydrogen (secondary N) is 1. The quantitative estimate of drug-likeness (QED) is 0.641. The molecule has 2 aromatic carbocycles. The highest BCUT2D eigenvalue weighted by atomic mass is 19.1. The predicted molar refractivity (Wildman–Crippen MR) is 71.3 cm³/mol. The molecule has 0 aromatic heterocycles. The molecule has 0 saturated carbocycles. The molecule has 0 aliphatic heterocycles. The second-order valence-corrected chi connectivity index (χ2v) is 4.42. The van der Waals surface area contributed by atoms with Gasteiger partial charge in [0.2, 0.25) is 0 Å². The van der Waals surface area contributed by atoms with Gasteiger partial charge in [-0.15, -0.1) is 0 Å². The number of rotatable bonds is 4. The monoisotopic (exact) mass is 244 g/mol. The van der Waals surface area contributed by atoms with Crippen LogP contribution in [0.5, 0.6) is 0 Å². The van der Waals surface area contributed by atoms with Crippen molar-refractivity contribution >= 4 is 0 Å². The van der Waals surface area contributed by atoms with Crippen LogP contribution in [0.4, 0.5) is 4.39 Å². The van der Waals surface area contributed by atoms with Gasteiger partial charge < -0.3 is 0 Å². The summed E-state index contributed by atoms with van der Waals surface area (Å²) in [5.41, 5.74) is 5.63. The molecule has 3 heteroatoms. The maximum atomic E-state index is 13.2. The van der Waals surface area contributed by atoms with Crippen molar-refractivity contribution in [2.24, 2.45) is 5.84 Å². The summed E-state index contributed by atoms with van der Waals surface area (Å²) in [6.45, 7) is 1.76. The smallest absolute Gasteiger partial charge is 0.126 e. The molecule has 0 spiro atoms. The summed E-state index contributed by atoms with van der Waals surface area (Å²) >= 11 is 0. The molecule has 0 heterocycles. The number of hydrogen-bond donors (Lipinski definition) is 2. The van der Waals surface area contributed by atoms with Crippen LogP contribution in [0.3, 0.4) is 0 Å². The van der Waals surface area contributed by atoms with Crippen LogP contribution in [-0.4, -0.2) is 0 Å². The fourth-order valence-corrected chi connectivity index (χ4v) is 2.01. The molecule has 94 valence electrons. The van der Waals surface area contributed by atoms with Crippen molar-refractivity contribution in [2.75, 3.05) is 0 Å². The van der Waals surface area contributed by atoms with Gasteiger partial charge in [-0.3, -0.25) is 11.3 Å². The van der Waals surface area contributed by atoms with Crippen molar-refractivity contribution in [1.82, 2.24) is 5.43 Å². The summed E-state index contributed by atoms with van der Waals surface area (Å²) in [4.78, 5) is 0. The van der Waals surface area contributed by atoms with E-state index < -0.39 is 0 Å². The van der Waals surface area contributed by atoms with E-state index in [9.17, 15) is 4.39 Å². The van der Waals surface area contributed by atoms with Gasteiger partial charge in [0.05, 0.1) is 0 Å². The van der Waals surface area contributed by atoms with Crippen LogP contribution < -0.4 is 11.3 Å². The first-order valence-corrected chi connectivity index (χ1v) is 5.97. The largest absolute Gasteiger partial charge is 0.271 e. The van der Waals surface area contributed by atoms with Gasteiger partial charge in [-0.1, -0.05) is 42.5 Å². The fraction of sp³-hybridized carbons (Fsp3) is 0.200. The van der Waals surface area contributed by atoms with E-state index in [4.69, 9.17) is 5.84 Å². The topological polar surface area (TPSA) is 38.0 Å². The lowest BCUT2D eigenvalue weighted by atomic mass is 9.98. The van der Waals surface area contributed by atoms with Crippen molar-refractivity contribution < 1.29 is 4.39 Å². The molecule has 0 bridgehead atoms. The van der Waals surface area contributed by atoms with Crippen molar-refractivity contribution in [3.63, 3.8) is 0 Å². The first-order chi connectivity index (χ1) is 8.70. The van der Waals surface area contributed by atoms with Gasteiger partial charge in [0, 0.05) is 6.04 Å². The Kier molecular flexibility index (Phi) is 4.07. The number of hydrogen-bond acceptors (Lipinski definition) is 2. The standard InChI is InChI=1S/C15H17FN2/c1-11-9-13(7-8-14(11)16)15(18-17)10-12-5-3-2-4-6-12/h2-9,15,18H,10,17H2,1H3. The fourth-order valence-electron chi connectivity index (χ4n) is 2.01. The third-order valence-electron chi connectivity index (χ3n) is 3.07. The number of halogens is 1. The molecule has 18 heavy (non-hydrogen) atoms. The van der Waals surface area contributed by atoms with E-state index in [1.165, 1.54) is 11.6 Å². The van der Waals surface area contributed by atoms with Gasteiger partial charge in [-0.25, -0.2) is 4.39 Å². The molecule has 2 rings (SSSR count). The summed E-state index contributed by atoms with van der Waals surface area (Å²) in [5, 5.41) is 0. The highest BCUT2D eigenvalue weighted by Crippen LogP contribution is 2.20. The molecule has 0 radical (unpaired) electrons. The maximum Gasteiger partial charge on any atom is 0.126 e. The van der Waals surface area contributed by atoms with Crippen LogP contribution in [0.15, 0.2) is 48.5 Å². The van der Waals surface area contributed by atoms with E-state index in [-0.39, 0.29) is 11.9 Å². The SMILES string of the molecule is Cc1cc(C(Cc2ccccc2)NN)ccc1F. The minimum absolute atomic E-state index is 0.00769. The minimum atomic E-state index is -0.186. The van der Waals surface area contributed by atoms with Crippen molar-refractivity contribution in [1.29, 1.82) is 0 Å². The zero-order chi connectivity index (χ0) is 13.0. The first-order valence-electron chi connectivity index (χ1n) is 5.97. The van der Waals surface area contributed by atoms with E-state index in [1.54, 1.807) is 13.0 Å².